The first-order valence-corrected chi connectivity index (χ1v) is 17.4. The number of imide groups is 1. The molecule has 2 heterocycles. The van der Waals surface area contributed by atoms with Gasteiger partial charge in [0.15, 0.2) is 11.5 Å². The molecular formula is C35H50N4O13. The number of carbonyl (C=O) groups is 4. The number of hydrogen-bond donors (Lipinski definition) is 2. The molecular weight excluding hydrogens is 684 g/mol. The Hall–Kier alpha value is -3.94. The SMILES string of the molecule is O=C(CCOCCOCCOCCOCCOCCOCCOCCOCCN1C(=O)C=CC1=O)NCCCC(=O)c1nc2ccccc2[nH]c1=O. The molecule has 17 nitrogen and oxygen atoms in total. The summed E-state index contributed by atoms with van der Waals surface area (Å²) in [6, 6.07) is 7.00. The van der Waals surface area contributed by atoms with Crippen LogP contribution in [0.2, 0.25) is 0 Å². The minimum Gasteiger partial charge on any atom is -0.379 e. The Morgan fingerprint density at radius 1 is 0.615 bits per heavy atom. The molecule has 288 valence electrons. The first-order chi connectivity index (χ1) is 25.5. The number of nitrogens with one attached hydrogen (secondary N) is 2. The molecule has 52 heavy (non-hydrogen) atoms. The second-order valence-electron chi connectivity index (χ2n) is 11.1. The monoisotopic (exact) mass is 734 g/mol. The van der Waals surface area contributed by atoms with E-state index in [4.69, 9.17) is 37.9 Å². The van der Waals surface area contributed by atoms with Gasteiger partial charge in [-0.25, -0.2) is 4.98 Å². The number of aromatic amines is 1. The third kappa shape index (κ3) is 18.0. The van der Waals surface area contributed by atoms with Crippen LogP contribution in [-0.2, 0) is 52.3 Å². The van der Waals surface area contributed by atoms with Gasteiger partial charge in [-0.3, -0.25) is 28.9 Å². The quantitative estimate of drug-likeness (QED) is 0.0596. The Bertz CT molecular complexity index is 1430. The minimum absolute atomic E-state index is 0.0990. The molecule has 0 saturated heterocycles. The zero-order valence-corrected chi connectivity index (χ0v) is 29.5. The Labute approximate surface area is 302 Å². The maximum Gasteiger partial charge on any atom is 0.278 e. The Kier molecular flexibility index (Phi) is 21.9. The van der Waals surface area contributed by atoms with Gasteiger partial charge in [0.1, 0.15) is 0 Å². The van der Waals surface area contributed by atoms with Crippen molar-refractivity contribution in [3.05, 3.63) is 52.5 Å². The predicted octanol–water partition coefficient (Wildman–Crippen LogP) is 0.450. The summed E-state index contributed by atoms with van der Waals surface area (Å²) >= 11 is 0. The molecule has 3 rings (SSSR count). The summed E-state index contributed by atoms with van der Waals surface area (Å²) < 4.78 is 43.4. The number of ketones is 1. The van der Waals surface area contributed by atoms with Gasteiger partial charge in [0.25, 0.3) is 17.4 Å². The van der Waals surface area contributed by atoms with Gasteiger partial charge >= 0.3 is 0 Å². The largest absolute Gasteiger partial charge is 0.379 e. The van der Waals surface area contributed by atoms with Crippen molar-refractivity contribution in [2.24, 2.45) is 0 Å². The predicted molar refractivity (Wildman–Crippen MR) is 186 cm³/mol. The van der Waals surface area contributed by atoms with Crippen molar-refractivity contribution in [1.82, 2.24) is 20.2 Å². The lowest BCUT2D eigenvalue weighted by Gasteiger charge is -2.13. The standard InChI is InChI=1S/C35H50N4O13/c40-30(34-35(44)38-29-5-2-1-4-28(29)37-34)6-3-10-36-31(41)9-12-45-14-16-47-18-20-49-22-24-51-26-27-52-25-23-50-21-19-48-17-15-46-13-11-39-32(42)7-8-33(39)43/h1-2,4-5,7-8H,3,6,9-27H2,(H,36,41)(H,38,44). The minimum atomic E-state index is -0.518. The Balaban J connectivity index is 0.968. The van der Waals surface area contributed by atoms with E-state index in [0.717, 1.165) is 4.90 Å². The van der Waals surface area contributed by atoms with E-state index in [-0.39, 0.29) is 61.8 Å². The molecule has 0 radical (unpaired) electrons. The number of fused-ring (bicyclic) bond motifs is 1. The van der Waals surface area contributed by atoms with Crippen LogP contribution >= 0.6 is 0 Å². The van der Waals surface area contributed by atoms with Gasteiger partial charge in [0.05, 0.1) is 123 Å². The summed E-state index contributed by atoms with van der Waals surface area (Å²) in [5, 5.41) is 2.74. The molecule has 1 aliphatic heterocycles. The van der Waals surface area contributed by atoms with E-state index in [1.807, 2.05) is 0 Å². The number of Topliss-reactive ketones (excluding diaryl/α,β-unsaturated/α-hetero) is 1. The number of aromatic nitrogens is 2. The number of amides is 3. The number of rotatable bonds is 32. The van der Waals surface area contributed by atoms with Crippen molar-refractivity contribution < 1.29 is 57.1 Å². The molecule has 0 fully saturated rings. The maximum atomic E-state index is 12.4. The molecule has 3 amide bonds. The van der Waals surface area contributed by atoms with E-state index >= 15 is 0 Å². The third-order valence-electron chi connectivity index (χ3n) is 7.20. The van der Waals surface area contributed by atoms with Gasteiger partial charge in [0.2, 0.25) is 5.91 Å². The summed E-state index contributed by atoms with van der Waals surface area (Å²) in [6.07, 6.45) is 3.17. The van der Waals surface area contributed by atoms with Crippen molar-refractivity contribution in [3.8, 4) is 0 Å². The van der Waals surface area contributed by atoms with Crippen molar-refractivity contribution in [2.45, 2.75) is 19.3 Å². The molecule has 0 atom stereocenters. The van der Waals surface area contributed by atoms with Crippen LogP contribution in [0.5, 0.6) is 0 Å². The molecule has 0 unspecified atom stereocenters. The van der Waals surface area contributed by atoms with Crippen LogP contribution in [-0.4, -0.2) is 157 Å². The molecule has 0 aliphatic carbocycles. The van der Waals surface area contributed by atoms with Crippen LogP contribution in [0.1, 0.15) is 29.8 Å². The molecule has 1 aromatic heterocycles. The van der Waals surface area contributed by atoms with Crippen molar-refractivity contribution in [2.75, 3.05) is 119 Å². The third-order valence-corrected chi connectivity index (χ3v) is 7.20. The van der Waals surface area contributed by atoms with E-state index in [1.165, 1.54) is 12.2 Å². The lowest BCUT2D eigenvalue weighted by atomic mass is 10.1. The van der Waals surface area contributed by atoms with Gasteiger partial charge in [-0.15, -0.1) is 0 Å². The lowest BCUT2D eigenvalue weighted by molar-refractivity contribution is -0.137. The number of para-hydroxylation sites is 2. The number of hydrogen-bond acceptors (Lipinski definition) is 14. The number of carbonyl (C=O) groups excluding carboxylic acids is 4. The fourth-order valence-electron chi connectivity index (χ4n) is 4.52. The van der Waals surface area contributed by atoms with Gasteiger partial charge in [-0.05, 0) is 18.6 Å². The van der Waals surface area contributed by atoms with Crippen LogP contribution in [0.3, 0.4) is 0 Å². The first kappa shape index (κ1) is 42.5. The highest BCUT2D eigenvalue weighted by molar-refractivity contribution is 6.12. The topological polar surface area (TPSA) is 203 Å². The highest BCUT2D eigenvalue weighted by Gasteiger charge is 2.22. The van der Waals surface area contributed by atoms with Crippen LogP contribution in [0, 0.1) is 0 Å². The Morgan fingerprint density at radius 3 is 1.60 bits per heavy atom. The normalized spacial score (nSPS) is 12.7. The summed E-state index contributed by atoms with van der Waals surface area (Å²) in [5.74, 6) is -1.19. The average Bonchev–Trinajstić information content (AvgIpc) is 3.46. The van der Waals surface area contributed by atoms with Crippen molar-refractivity contribution in [1.29, 1.82) is 0 Å². The molecule has 1 aromatic carbocycles. The average molecular weight is 735 g/mol. The zero-order chi connectivity index (χ0) is 37.1. The smallest absolute Gasteiger partial charge is 0.278 e. The van der Waals surface area contributed by atoms with Gasteiger partial charge in [-0.1, -0.05) is 12.1 Å². The summed E-state index contributed by atoms with van der Waals surface area (Å²) in [6.45, 7) is 6.87. The van der Waals surface area contributed by atoms with Crippen LogP contribution in [0.4, 0.5) is 0 Å². The molecule has 2 aromatic rings. The molecule has 0 saturated carbocycles. The summed E-state index contributed by atoms with van der Waals surface area (Å²) in [4.78, 5) is 67.3. The van der Waals surface area contributed by atoms with Crippen LogP contribution in [0.15, 0.2) is 41.2 Å². The molecule has 17 heteroatoms. The lowest BCUT2D eigenvalue weighted by Crippen LogP contribution is -2.33. The number of benzene rings is 1. The number of H-pyrrole nitrogens is 1. The van der Waals surface area contributed by atoms with E-state index < -0.39 is 5.56 Å². The molecule has 0 spiro atoms. The molecule has 1 aliphatic rings. The molecule has 2 N–H and O–H groups in total. The van der Waals surface area contributed by atoms with E-state index in [9.17, 15) is 24.0 Å². The van der Waals surface area contributed by atoms with Crippen molar-refractivity contribution >= 4 is 34.5 Å². The fourth-order valence-corrected chi connectivity index (χ4v) is 4.52. The van der Waals surface area contributed by atoms with Crippen LogP contribution in [0.25, 0.3) is 11.0 Å². The van der Waals surface area contributed by atoms with E-state index in [0.29, 0.717) is 116 Å². The highest BCUT2D eigenvalue weighted by Crippen LogP contribution is 2.07. The van der Waals surface area contributed by atoms with Gasteiger partial charge < -0.3 is 48.2 Å². The van der Waals surface area contributed by atoms with Gasteiger partial charge in [-0.2, -0.15) is 0 Å². The second kappa shape index (κ2) is 26.8. The maximum absolute atomic E-state index is 12.4. The highest BCUT2D eigenvalue weighted by atomic mass is 16.6. The van der Waals surface area contributed by atoms with E-state index in [2.05, 4.69) is 15.3 Å². The summed E-state index contributed by atoms with van der Waals surface area (Å²) in [7, 11) is 0. The fraction of sp³-hybridized carbons (Fsp3) is 0.600. The second-order valence-corrected chi connectivity index (χ2v) is 11.1. The van der Waals surface area contributed by atoms with Crippen molar-refractivity contribution in [3.63, 3.8) is 0 Å². The Morgan fingerprint density at radius 2 is 1.08 bits per heavy atom. The first-order valence-electron chi connectivity index (χ1n) is 17.4. The number of nitrogens with zero attached hydrogens (tertiary/aromatic N) is 2. The number of ether oxygens (including phenoxy) is 8. The van der Waals surface area contributed by atoms with Gasteiger partial charge in [0, 0.05) is 31.5 Å². The van der Waals surface area contributed by atoms with E-state index in [1.54, 1.807) is 24.3 Å². The van der Waals surface area contributed by atoms with Crippen LogP contribution < -0.4 is 10.9 Å². The summed E-state index contributed by atoms with van der Waals surface area (Å²) in [5.41, 5.74) is 0.478. The zero-order valence-electron chi connectivity index (χ0n) is 29.5. The molecule has 0 bridgehead atoms.